The monoisotopic (exact) mass is 696 g/mol. The third-order valence-corrected chi connectivity index (χ3v) is 9.14. The molecular weight excluding hydrogens is 655 g/mol. The van der Waals surface area contributed by atoms with Crippen LogP contribution in [-0.2, 0) is 41.5 Å². The molecule has 0 bridgehead atoms. The average molecular weight is 699 g/mol. The molecule has 0 spiro atoms. The van der Waals surface area contributed by atoms with Gasteiger partial charge in [-0.1, -0.05) is 76.3 Å². The van der Waals surface area contributed by atoms with Crippen LogP contribution < -0.4 is 24.8 Å². The van der Waals surface area contributed by atoms with Crippen molar-refractivity contribution in [3.8, 4) is 11.1 Å². The summed E-state index contributed by atoms with van der Waals surface area (Å²) in [5, 5.41) is 0. The smallest absolute Gasteiger partial charge is 0.109 e. The summed E-state index contributed by atoms with van der Waals surface area (Å²) in [5.74, 6) is 0. The van der Waals surface area contributed by atoms with Crippen molar-refractivity contribution in [2.45, 2.75) is 79.1 Å². The molecule has 6 rings (SSSR count). The Morgan fingerprint density at radius 1 is 0.705 bits per heavy atom. The van der Waals surface area contributed by atoms with Gasteiger partial charge in [0.15, 0.2) is 0 Å². The van der Waals surface area contributed by atoms with E-state index in [1.807, 2.05) is 12.2 Å². The van der Waals surface area contributed by atoms with Crippen LogP contribution in [0.3, 0.4) is 0 Å². The number of benzene rings is 4. The first-order valence-electron chi connectivity index (χ1n) is 15.0. The van der Waals surface area contributed by atoms with Crippen molar-refractivity contribution in [2.24, 2.45) is 0 Å². The van der Waals surface area contributed by atoms with E-state index in [4.69, 9.17) is 0 Å². The molecule has 0 amide bonds. The summed E-state index contributed by atoms with van der Waals surface area (Å²) in [7, 11) is 0. The average Bonchev–Trinajstić information content (AvgIpc) is 3.63. The topological polar surface area (TPSA) is 0 Å². The fourth-order valence-corrected chi connectivity index (χ4v) is 5.86. The van der Waals surface area contributed by atoms with E-state index in [-0.39, 0.29) is 35.6 Å². The second-order valence-corrected chi connectivity index (χ2v) is 14.7. The summed E-state index contributed by atoms with van der Waals surface area (Å²) in [4.78, 5) is 0. The van der Waals surface area contributed by atoms with E-state index in [1.54, 1.807) is 0 Å². The Morgan fingerprint density at radius 2 is 1.27 bits per heavy atom. The molecule has 0 radical (unpaired) electrons. The van der Waals surface area contributed by atoms with E-state index < -0.39 is 0 Å². The maximum atomic E-state index is 3.53. The van der Waals surface area contributed by atoms with Crippen LogP contribution in [0.5, 0.6) is 0 Å². The van der Waals surface area contributed by atoms with Crippen LogP contribution in [0.15, 0.2) is 97.1 Å². The van der Waals surface area contributed by atoms with Crippen molar-refractivity contribution < 1.29 is 49.0 Å². The number of rotatable bonds is 2. The first-order valence-corrected chi connectivity index (χ1v) is 16.2. The van der Waals surface area contributed by atoms with Gasteiger partial charge in [0, 0.05) is 0 Å². The zero-order valence-corrected chi connectivity index (χ0v) is 31.4. The van der Waals surface area contributed by atoms with Crippen LogP contribution in [-0.4, -0.2) is 3.21 Å². The molecule has 2 aliphatic rings. The van der Waals surface area contributed by atoms with E-state index in [9.17, 15) is 0 Å². The van der Waals surface area contributed by atoms with Gasteiger partial charge in [0.25, 0.3) is 0 Å². The van der Waals surface area contributed by atoms with Crippen molar-refractivity contribution in [1.29, 1.82) is 0 Å². The van der Waals surface area contributed by atoms with Crippen molar-refractivity contribution in [1.82, 2.24) is 0 Å². The van der Waals surface area contributed by atoms with E-state index in [1.165, 1.54) is 83.1 Å². The zero-order chi connectivity index (χ0) is 30.5. The number of aryl methyl sites for hydroxylation is 2. The summed E-state index contributed by atoms with van der Waals surface area (Å²) >= 11 is 1.47. The molecule has 3 heteroatoms. The second-order valence-electron chi connectivity index (χ2n) is 13.4. The third kappa shape index (κ3) is 10.1. The van der Waals surface area contributed by atoms with Gasteiger partial charge in [-0.05, 0) is 17.4 Å². The molecule has 4 aromatic rings. The van der Waals surface area contributed by atoms with E-state index in [0.29, 0.717) is 0 Å². The summed E-state index contributed by atoms with van der Waals surface area (Å²) < 4.78 is 1.43. The van der Waals surface area contributed by atoms with E-state index in [2.05, 4.69) is 152 Å². The Labute approximate surface area is 294 Å². The number of fused-ring (bicyclic) bond motifs is 3. The first kappa shape index (κ1) is 37.9. The molecule has 0 aromatic heterocycles. The van der Waals surface area contributed by atoms with E-state index in [0.717, 1.165) is 12.8 Å². The van der Waals surface area contributed by atoms with Crippen LogP contribution in [0, 0.1) is 26.0 Å². The maximum Gasteiger partial charge on any atom is -0.109 e. The Hall–Kier alpha value is -2.31. The standard InChI is InChI=1S/C21H25.C15H14.C5H5.2ClH.Zr/c1-20(2,3)16-9-7-14-11-15-8-10-17(21(4,5)6)13-19(15)18(14)12-16;1-12-5-3-7-14(9-12)11-15-8-4-6-13(2)10-15;1-2-4-5-3-1;;;/h7,9-10,12-13H,11H2,1-6H3;3-10H,1-2H3;1-3H,4H2;2*1H;/q-1;;-1;;;+2/p-2. The summed E-state index contributed by atoms with van der Waals surface area (Å²) in [6.45, 7) is 17.9. The Morgan fingerprint density at radius 3 is 1.73 bits per heavy atom. The van der Waals surface area contributed by atoms with Gasteiger partial charge in [-0.3, -0.25) is 6.08 Å². The van der Waals surface area contributed by atoms with Gasteiger partial charge >= 0.3 is 112 Å². The molecule has 0 saturated heterocycles. The van der Waals surface area contributed by atoms with Crippen LogP contribution in [0.1, 0.15) is 92.5 Å². The van der Waals surface area contributed by atoms with Crippen molar-refractivity contribution >= 4 is 3.21 Å². The van der Waals surface area contributed by atoms with Crippen LogP contribution >= 0.6 is 0 Å². The molecule has 4 aromatic carbocycles. The maximum absolute atomic E-state index is 3.53. The second kappa shape index (κ2) is 16.3. The van der Waals surface area contributed by atoms with Crippen molar-refractivity contribution in [3.05, 3.63) is 154 Å². The molecule has 2 aliphatic carbocycles. The molecule has 0 unspecified atom stereocenters. The normalized spacial score (nSPS) is 12.4. The largest absolute Gasteiger partial charge is 1.00 e. The Balaban J connectivity index is 0.000000260. The number of allylic oxidation sites excluding steroid dienone is 4. The number of halogens is 2. The third-order valence-electron chi connectivity index (χ3n) is 7.73. The summed E-state index contributed by atoms with van der Waals surface area (Å²) in [6.07, 6.45) is 11.0. The van der Waals surface area contributed by atoms with Gasteiger partial charge in [0.2, 0.25) is 0 Å². The van der Waals surface area contributed by atoms with Gasteiger partial charge < -0.3 is 24.8 Å². The van der Waals surface area contributed by atoms with Crippen LogP contribution in [0.25, 0.3) is 11.1 Å². The van der Waals surface area contributed by atoms with Gasteiger partial charge in [-0.15, -0.1) is 12.0 Å². The van der Waals surface area contributed by atoms with Gasteiger partial charge in [0.05, 0.1) is 0 Å². The van der Waals surface area contributed by atoms with Gasteiger partial charge in [-0.2, -0.15) is 35.4 Å². The molecule has 0 nitrogen and oxygen atoms in total. The molecule has 0 atom stereocenters. The minimum Gasteiger partial charge on any atom is -1.00 e. The zero-order valence-electron chi connectivity index (χ0n) is 27.4. The quantitative estimate of drug-likeness (QED) is 0.240. The fourth-order valence-electron chi connectivity index (χ4n) is 5.09. The molecule has 44 heavy (non-hydrogen) atoms. The SMILES string of the molecule is CC(C)(C)c1c[c-]c2c(c1)-c1cc(C(C)(C)C)ccc1C2.Cc1cccc([C](=[Zr+2])c2cccc(C)c2)c1.[C-]1=CC=CC1.[Cl-].[Cl-]. The molecule has 0 aliphatic heterocycles. The molecule has 0 heterocycles. The van der Waals surface area contributed by atoms with Crippen molar-refractivity contribution in [2.75, 3.05) is 0 Å². The summed E-state index contributed by atoms with van der Waals surface area (Å²) in [6, 6.07) is 32.5. The molecule has 0 fully saturated rings. The van der Waals surface area contributed by atoms with E-state index >= 15 is 0 Å². The van der Waals surface area contributed by atoms with Gasteiger partial charge in [0.1, 0.15) is 0 Å². The minimum absolute atomic E-state index is 0. The van der Waals surface area contributed by atoms with Gasteiger partial charge in [-0.25, -0.2) is 12.2 Å². The predicted octanol–water partition coefficient (Wildman–Crippen LogP) is 4.39. The Bertz CT molecular complexity index is 1510. The van der Waals surface area contributed by atoms with Crippen LogP contribution in [0.2, 0.25) is 0 Å². The predicted molar refractivity (Wildman–Crippen MR) is 178 cm³/mol. The molecular formula is C41H44Cl2Zr-2. The molecule has 0 saturated carbocycles. The molecule has 228 valence electrons. The minimum atomic E-state index is 0. The van der Waals surface area contributed by atoms with Crippen molar-refractivity contribution in [3.63, 3.8) is 0 Å². The summed E-state index contributed by atoms with van der Waals surface area (Å²) in [5.41, 5.74) is 14.1. The van der Waals surface area contributed by atoms with Crippen LogP contribution in [0.4, 0.5) is 0 Å². The fraction of sp³-hybridized carbons (Fsp3) is 0.293. The number of hydrogen-bond acceptors (Lipinski definition) is 0. The Kier molecular flexibility index (Phi) is 14.0. The molecule has 0 N–H and O–H groups in total. The number of hydrogen-bond donors (Lipinski definition) is 0. The first-order chi connectivity index (χ1) is 19.8.